The van der Waals surface area contributed by atoms with Gasteiger partial charge >= 0.3 is 0 Å². The van der Waals surface area contributed by atoms with Crippen LogP contribution < -0.4 is 10.6 Å². The molecule has 0 amide bonds. The monoisotopic (exact) mass is 317 g/mol. The van der Waals surface area contributed by atoms with Gasteiger partial charge in [0.2, 0.25) is 5.82 Å². The van der Waals surface area contributed by atoms with Crippen molar-refractivity contribution >= 4 is 16.9 Å². The topological polar surface area (TPSA) is 112 Å². The molecule has 2 rings (SSSR count). The van der Waals surface area contributed by atoms with E-state index in [0.717, 1.165) is 6.42 Å². The second-order valence-electron chi connectivity index (χ2n) is 4.49. The first-order valence-electron chi connectivity index (χ1n) is 6.88. The standard InChI is InChI=1S/C14H16FN7O/c1-23-7-3-6-17-12-5-2-4-11(15)13(12)18-9-10(8-16)14-19-21-22-20-14/h2,4-5,9,17-18H,3,6-7H2,1H3,(H,19,20,21,22). The number of nitrogens with one attached hydrogen (secondary N) is 3. The summed E-state index contributed by atoms with van der Waals surface area (Å²) in [5.41, 5.74) is 0.955. The molecule has 0 saturated carbocycles. The molecular formula is C14H16FN7O. The van der Waals surface area contributed by atoms with Crippen LogP contribution >= 0.6 is 0 Å². The number of allylic oxidation sites excluding steroid dienone is 1. The maximum Gasteiger partial charge on any atom is 0.216 e. The molecule has 0 bridgehead atoms. The zero-order valence-corrected chi connectivity index (χ0v) is 12.5. The molecule has 1 aromatic heterocycles. The van der Waals surface area contributed by atoms with Gasteiger partial charge in [0.1, 0.15) is 17.5 Å². The molecule has 1 heterocycles. The first kappa shape index (κ1) is 16.4. The van der Waals surface area contributed by atoms with Crippen molar-refractivity contribution in [2.24, 2.45) is 0 Å². The molecule has 0 aliphatic carbocycles. The first-order valence-corrected chi connectivity index (χ1v) is 6.88. The molecule has 0 fully saturated rings. The van der Waals surface area contributed by atoms with Crippen LogP contribution in [-0.4, -0.2) is 40.9 Å². The molecule has 3 N–H and O–H groups in total. The fourth-order valence-electron chi connectivity index (χ4n) is 1.82. The number of hydrogen-bond acceptors (Lipinski definition) is 7. The molecule has 0 unspecified atom stereocenters. The van der Waals surface area contributed by atoms with Gasteiger partial charge in [0, 0.05) is 26.5 Å². The number of hydrogen-bond donors (Lipinski definition) is 3. The van der Waals surface area contributed by atoms with Gasteiger partial charge in [0.05, 0.1) is 11.4 Å². The van der Waals surface area contributed by atoms with E-state index in [-0.39, 0.29) is 17.1 Å². The van der Waals surface area contributed by atoms with Crippen LogP contribution in [0.1, 0.15) is 12.2 Å². The van der Waals surface area contributed by atoms with Crippen molar-refractivity contribution in [3.63, 3.8) is 0 Å². The van der Waals surface area contributed by atoms with Crippen molar-refractivity contribution < 1.29 is 9.13 Å². The Hall–Kier alpha value is -2.99. The van der Waals surface area contributed by atoms with E-state index in [1.165, 1.54) is 12.3 Å². The van der Waals surface area contributed by atoms with Crippen LogP contribution in [0.4, 0.5) is 15.8 Å². The van der Waals surface area contributed by atoms with E-state index in [9.17, 15) is 4.39 Å². The molecule has 1 aromatic carbocycles. The van der Waals surface area contributed by atoms with Gasteiger partial charge in [0.15, 0.2) is 0 Å². The van der Waals surface area contributed by atoms with Crippen LogP contribution in [0.2, 0.25) is 0 Å². The van der Waals surface area contributed by atoms with E-state index in [0.29, 0.717) is 18.8 Å². The van der Waals surface area contributed by atoms with Gasteiger partial charge in [-0.2, -0.15) is 10.5 Å². The van der Waals surface area contributed by atoms with Crippen molar-refractivity contribution in [3.05, 3.63) is 36.0 Å². The minimum absolute atomic E-state index is 0.131. The predicted molar refractivity (Wildman–Crippen MR) is 82.8 cm³/mol. The molecule has 0 saturated heterocycles. The lowest BCUT2D eigenvalue weighted by atomic mass is 10.2. The number of H-pyrrole nitrogens is 1. The van der Waals surface area contributed by atoms with Gasteiger partial charge in [-0.05, 0) is 23.8 Å². The number of nitriles is 1. The summed E-state index contributed by atoms with van der Waals surface area (Å²) in [5, 5.41) is 28.1. The zero-order valence-electron chi connectivity index (χ0n) is 12.5. The lowest BCUT2D eigenvalue weighted by molar-refractivity contribution is 0.198. The number of rotatable bonds is 8. The number of anilines is 2. The van der Waals surface area contributed by atoms with E-state index in [1.807, 2.05) is 6.07 Å². The Kier molecular flexibility index (Phi) is 6.02. The Morgan fingerprint density at radius 2 is 2.39 bits per heavy atom. The van der Waals surface area contributed by atoms with Crippen molar-refractivity contribution in [2.45, 2.75) is 6.42 Å². The minimum Gasteiger partial charge on any atom is -0.385 e. The summed E-state index contributed by atoms with van der Waals surface area (Å²) < 4.78 is 19.0. The lowest BCUT2D eigenvalue weighted by Gasteiger charge is -2.12. The number of halogens is 1. The van der Waals surface area contributed by atoms with Crippen molar-refractivity contribution in [3.8, 4) is 6.07 Å². The van der Waals surface area contributed by atoms with Gasteiger partial charge in [0.25, 0.3) is 0 Å². The maximum atomic E-state index is 14.0. The summed E-state index contributed by atoms with van der Waals surface area (Å²) in [4.78, 5) is 0. The molecule has 9 heteroatoms. The lowest BCUT2D eigenvalue weighted by Crippen LogP contribution is -2.07. The van der Waals surface area contributed by atoms with E-state index in [1.54, 1.807) is 19.2 Å². The molecule has 0 aliphatic rings. The predicted octanol–water partition coefficient (Wildman–Crippen LogP) is 1.76. The largest absolute Gasteiger partial charge is 0.385 e. The van der Waals surface area contributed by atoms with Crippen LogP contribution in [0.15, 0.2) is 24.4 Å². The fraction of sp³-hybridized carbons (Fsp3) is 0.286. The summed E-state index contributed by atoms with van der Waals surface area (Å²) in [6.07, 6.45) is 2.12. The number of tetrazole rings is 1. The third kappa shape index (κ3) is 4.49. The maximum absolute atomic E-state index is 14.0. The Bertz CT molecular complexity index is 694. The number of aromatic amines is 1. The van der Waals surface area contributed by atoms with Crippen LogP contribution in [0.3, 0.4) is 0 Å². The van der Waals surface area contributed by atoms with Gasteiger partial charge in [-0.25, -0.2) is 4.39 Å². The fourth-order valence-corrected chi connectivity index (χ4v) is 1.82. The molecule has 120 valence electrons. The molecular weight excluding hydrogens is 301 g/mol. The highest BCUT2D eigenvalue weighted by molar-refractivity contribution is 5.77. The summed E-state index contributed by atoms with van der Waals surface area (Å²) in [6, 6.07) is 6.60. The van der Waals surface area contributed by atoms with Crippen LogP contribution in [-0.2, 0) is 4.74 Å². The highest BCUT2D eigenvalue weighted by atomic mass is 19.1. The SMILES string of the molecule is COCCCNc1cccc(F)c1NC=C(C#N)c1nn[nH]n1. The third-order valence-electron chi connectivity index (χ3n) is 2.92. The summed E-state index contributed by atoms with van der Waals surface area (Å²) in [7, 11) is 1.63. The number of ether oxygens (including phenoxy) is 1. The van der Waals surface area contributed by atoms with Gasteiger partial charge in [-0.15, -0.1) is 10.2 Å². The zero-order chi connectivity index (χ0) is 16.5. The second-order valence-corrected chi connectivity index (χ2v) is 4.49. The molecule has 23 heavy (non-hydrogen) atoms. The third-order valence-corrected chi connectivity index (χ3v) is 2.92. The number of nitrogens with zero attached hydrogens (tertiary/aromatic N) is 4. The molecule has 0 spiro atoms. The molecule has 0 radical (unpaired) electrons. The quantitative estimate of drug-likeness (QED) is 0.502. The second kappa shape index (κ2) is 8.45. The van der Waals surface area contributed by atoms with E-state index < -0.39 is 5.82 Å². The Labute approximate surface area is 132 Å². The molecule has 2 aromatic rings. The van der Waals surface area contributed by atoms with E-state index in [2.05, 4.69) is 31.3 Å². The van der Waals surface area contributed by atoms with Crippen molar-refractivity contribution in [1.29, 1.82) is 5.26 Å². The molecule has 0 aliphatic heterocycles. The summed E-state index contributed by atoms with van der Waals surface area (Å²) in [6.45, 7) is 1.24. The number of aromatic nitrogens is 4. The number of para-hydroxylation sites is 1. The Morgan fingerprint density at radius 1 is 1.52 bits per heavy atom. The minimum atomic E-state index is -0.441. The normalized spacial score (nSPS) is 11.1. The van der Waals surface area contributed by atoms with Crippen molar-refractivity contribution in [2.75, 3.05) is 30.9 Å². The highest BCUT2D eigenvalue weighted by Crippen LogP contribution is 2.25. The summed E-state index contributed by atoms with van der Waals surface area (Å²) >= 11 is 0. The average Bonchev–Trinajstić information content (AvgIpc) is 3.08. The van der Waals surface area contributed by atoms with Crippen LogP contribution in [0, 0.1) is 17.1 Å². The van der Waals surface area contributed by atoms with Crippen molar-refractivity contribution in [1.82, 2.24) is 20.6 Å². The first-order chi connectivity index (χ1) is 11.3. The van der Waals surface area contributed by atoms with E-state index >= 15 is 0 Å². The Morgan fingerprint density at radius 3 is 3.09 bits per heavy atom. The van der Waals surface area contributed by atoms with Crippen LogP contribution in [0.5, 0.6) is 0 Å². The van der Waals surface area contributed by atoms with Gasteiger partial charge in [-0.1, -0.05) is 6.07 Å². The summed E-state index contributed by atoms with van der Waals surface area (Å²) in [5.74, 6) is -0.311. The highest BCUT2D eigenvalue weighted by Gasteiger charge is 2.09. The Balaban J connectivity index is 2.13. The van der Waals surface area contributed by atoms with Crippen LogP contribution in [0.25, 0.3) is 5.57 Å². The molecule has 0 atom stereocenters. The number of benzene rings is 1. The van der Waals surface area contributed by atoms with Gasteiger partial charge < -0.3 is 15.4 Å². The van der Waals surface area contributed by atoms with Gasteiger partial charge in [-0.3, -0.25) is 0 Å². The smallest absolute Gasteiger partial charge is 0.216 e. The number of methoxy groups -OCH3 is 1. The molecule has 8 nitrogen and oxygen atoms in total. The van der Waals surface area contributed by atoms with E-state index in [4.69, 9.17) is 10.00 Å². The average molecular weight is 317 g/mol.